The van der Waals surface area contributed by atoms with Gasteiger partial charge in [0.1, 0.15) is 40.3 Å². The van der Waals surface area contributed by atoms with Gasteiger partial charge in [0.15, 0.2) is 11.6 Å². The summed E-state index contributed by atoms with van der Waals surface area (Å²) in [6, 6.07) is 38.3. The van der Waals surface area contributed by atoms with Gasteiger partial charge in [0, 0.05) is 5.56 Å². The van der Waals surface area contributed by atoms with Crippen LogP contribution >= 0.6 is 0 Å². The lowest BCUT2D eigenvalue weighted by molar-refractivity contribution is -0.141. The van der Waals surface area contributed by atoms with Gasteiger partial charge in [-0.25, -0.2) is 8.78 Å². The maximum atomic E-state index is 14.9. The summed E-state index contributed by atoms with van der Waals surface area (Å²) < 4.78 is 69.2. The molecule has 0 heterocycles. The number of allylic oxidation sites excluding steroid dienone is 1. The normalized spacial score (nSPS) is 16.9. The van der Waals surface area contributed by atoms with Crippen molar-refractivity contribution in [2.45, 2.75) is 370 Å². The van der Waals surface area contributed by atoms with Crippen LogP contribution in [-0.2, 0) is 14.4 Å². The van der Waals surface area contributed by atoms with Crippen LogP contribution < -0.4 is 33.2 Å². The highest BCUT2D eigenvalue weighted by atomic mass is 19.1. The number of halogens is 2. The fourth-order valence-electron chi connectivity index (χ4n) is 16.7. The molecular weight excluding hydrogens is 1500 g/mol. The van der Waals surface area contributed by atoms with E-state index < -0.39 is 5.82 Å². The fraction of sp³-hybridized carbons (Fsp3) is 0.620. The van der Waals surface area contributed by atoms with Crippen molar-refractivity contribution >= 4 is 17.9 Å². The monoisotopic (exact) mass is 1660 g/mol. The number of hydrogen-bond acceptors (Lipinski definition) is 10. The van der Waals surface area contributed by atoms with Crippen molar-refractivity contribution in [2.75, 3.05) is 26.4 Å². The second-order valence-corrected chi connectivity index (χ2v) is 34.9. The zero-order valence-electron chi connectivity index (χ0n) is 76.2. The van der Waals surface area contributed by atoms with E-state index in [1.165, 1.54) is 254 Å². The van der Waals surface area contributed by atoms with Crippen LogP contribution in [0.2, 0.25) is 0 Å². The number of ether oxygens (including phenoxy) is 7. The van der Waals surface area contributed by atoms with Crippen LogP contribution in [0.3, 0.4) is 0 Å². The fourth-order valence-corrected chi connectivity index (χ4v) is 16.7. The van der Waals surface area contributed by atoms with Gasteiger partial charge in [-0.1, -0.05) is 283 Å². The van der Waals surface area contributed by atoms with Crippen LogP contribution in [0.4, 0.5) is 8.78 Å². The van der Waals surface area contributed by atoms with Crippen LogP contribution in [0.25, 0.3) is 22.3 Å². The highest BCUT2D eigenvalue weighted by Gasteiger charge is 2.31. The lowest BCUT2D eigenvalue weighted by Gasteiger charge is -2.27. The Labute approximate surface area is 727 Å². The standard InChI is InChI=1S/C30H50O3.C28H32F2O.C26H42O3.C24H36O3/c1-3-5-7-8-9-10-11-12-13-15-25-32-28-21-23-29(24-22-28)33-30(31)27-19-17-26(18-20-27)16-14-6-4-2;1-4-5-6-7-8-9-16-31-28-15-13-24(19-27(28)30)25-14-12-23(18-26(25)29)22-11-10-20(2)21(3)17-22;1-3-5-7-8-9-11-21-28-24-17-19-25(20-18-24)29-26(27)23-15-13-22(14-16-23)12-10-6-4-2;1-3-5-7-9-19-26-22-15-17-23(18-16-22)27-24(25)21-13-11-20(12-14-21)10-8-6-4-2/h21-24,26-27H,3-20,25H2,1-2H3;10-15,17-19H,4-9,16H2,1-3H3;17-20,22-23H,3-16,21H2,1-2H3;3,15-18,20-21H,1,4-14,19H2,2H3. The summed E-state index contributed by atoms with van der Waals surface area (Å²) in [6.07, 6.45) is 61.6. The molecule has 666 valence electrons. The molecule has 3 aliphatic rings. The summed E-state index contributed by atoms with van der Waals surface area (Å²) in [6.45, 7) is 24.0. The number of benzene rings is 6. The predicted molar refractivity (Wildman–Crippen MR) is 496 cm³/mol. The molecule has 0 radical (unpaired) electrons. The van der Waals surface area contributed by atoms with E-state index in [9.17, 15) is 23.2 Å². The first-order valence-corrected chi connectivity index (χ1v) is 48.4. The van der Waals surface area contributed by atoms with Gasteiger partial charge in [0.2, 0.25) is 0 Å². The maximum absolute atomic E-state index is 14.9. The largest absolute Gasteiger partial charge is 0.494 e. The Hall–Kier alpha value is -7.47. The molecule has 0 saturated heterocycles. The molecule has 9 rings (SSSR count). The lowest BCUT2D eigenvalue weighted by atomic mass is 9.80. The Morgan fingerprint density at radius 2 is 0.600 bits per heavy atom. The van der Waals surface area contributed by atoms with Crippen molar-refractivity contribution in [3.05, 3.63) is 163 Å². The Bertz CT molecular complexity index is 3640. The van der Waals surface area contributed by atoms with Crippen molar-refractivity contribution in [3.63, 3.8) is 0 Å². The molecule has 6 aromatic carbocycles. The highest BCUT2D eigenvalue weighted by molar-refractivity contribution is 5.77. The summed E-state index contributed by atoms with van der Waals surface area (Å²) in [7, 11) is 0. The lowest BCUT2D eigenvalue weighted by Crippen LogP contribution is -2.25. The van der Waals surface area contributed by atoms with Crippen molar-refractivity contribution in [3.8, 4) is 62.5 Å². The summed E-state index contributed by atoms with van der Waals surface area (Å²) in [5.41, 5.74) is 5.04. The number of esters is 3. The third kappa shape index (κ3) is 42.6. The molecule has 3 saturated carbocycles. The topological polar surface area (TPSA) is 116 Å². The van der Waals surface area contributed by atoms with Crippen LogP contribution in [0.5, 0.6) is 40.2 Å². The molecule has 3 fully saturated rings. The molecule has 3 aliphatic carbocycles. The quantitative estimate of drug-likeness (QED) is 0.0158. The molecule has 10 nitrogen and oxygen atoms in total. The Kier molecular flexibility index (Phi) is 53.6. The molecular formula is C108H160F2O10. The van der Waals surface area contributed by atoms with Gasteiger partial charge in [-0.05, 0) is 266 Å². The Morgan fingerprint density at radius 1 is 0.308 bits per heavy atom. The first kappa shape index (κ1) is 101. The van der Waals surface area contributed by atoms with E-state index in [-0.39, 0.29) is 47.2 Å². The maximum Gasteiger partial charge on any atom is 0.314 e. The minimum Gasteiger partial charge on any atom is -0.494 e. The molecule has 0 amide bonds. The molecule has 0 spiro atoms. The average molecular weight is 1660 g/mol. The summed E-state index contributed by atoms with van der Waals surface area (Å²) in [5.74, 6) is 6.27. The van der Waals surface area contributed by atoms with E-state index >= 15 is 0 Å². The van der Waals surface area contributed by atoms with Gasteiger partial charge in [0.05, 0.1) is 44.2 Å². The van der Waals surface area contributed by atoms with E-state index in [1.807, 2.05) is 104 Å². The third-order valence-corrected chi connectivity index (χ3v) is 24.7. The van der Waals surface area contributed by atoms with Crippen molar-refractivity contribution < 1.29 is 56.3 Å². The van der Waals surface area contributed by atoms with Crippen LogP contribution in [-0.4, -0.2) is 44.3 Å². The minimum atomic E-state index is -0.457. The zero-order valence-corrected chi connectivity index (χ0v) is 76.2. The molecule has 0 bridgehead atoms. The molecule has 0 aromatic heterocycles. The SMILES string of the molecule is C=CCCCCOc1ccc(OC(=O)C2CCC(CCCCC)CC2)cc1.CCCCCCCCCCCCOc1ccc(OC(=O)C2CCC(CCCCC)CC2)cc1.CCCCCCCCOc1ccc(-c2ccc(-c3ccc(C)c(C)c3)cc2F)cc1F.CCCCCCCCOc1ccc(OC(=O)C2CCC(CCCCC)CC2)cc1. The van der Waals surface area contributed by atoms with Crippen molar-refractivity contribution in [2.24, 2.45) is 35.5 Å². The van der Waals surface area contributed by atoms with Gasteiger partial charge in [-0.3, -0.25) is 14.4 Å². The molecule has 0 N–H and O–H groups in total. The second-order valence-electron chi connectivity index (χ2n) is 34.9. The number of unbranched alkanes of at least 4 members (excludes halogenated alkanes) is 27. The number of carbonyl (C=O) groups excluding carboxylic acids is 3. The number of aryl methyl sites for hydroxylation is 2. The first-order chi connectivity index (χ1) is 58.7. The summed E-state index contributed by atoms with van der Waals surface area (Å²) >= 11 is 0. The zero-order chi connectivity index (χ0) is 85.8. The van der Waals surface area contributed by atoms with Gasteiger partial charge in [-0.15, -0.1) is 6.58 Å². The first-order valence-electron chi connectivity index (χ1n) is 48.4. The van der Waals surface area contributed by atoms with Crippen LogP contribution in [0.1, 0.15) is 367 Å². The van der Waals surface area contributed by atoms with Crippen LogP contribution in [0.15, 0.2) is 140 Å². The van der Waals surface area contributed by atoms with Crippen LogP contribution in [0, 0.1) is 61.0 Å². The number of hydrogen-bond donors (Lipinski definition) is 0. The molecule has 0 atom stereocenters. The smallest absolute Gasteiger partial charge is 0.314 e. The Balaban J connectivity index is 0.000000249. The molecule has 6 aromatic rings. The predicted octanol–water partition coefficient (Wildman–Crippen LogP) is 32.4. The van der Waals surface area contributed by atoms with E-state index in [0.717, 1.165) is 143 Å². The van der Waals surface area contributed by atoms with E-state index in [0.29, 0.717) is 41.6 Å². The average Bonchev–Trinajstić information content (AvgIpc) is 0.788. The summed E-state index contributed by atoms with van der Waals surface area (Å²) in [4.78, 5) is 37.5. The van der Waals surface area contributed by atoms with Gasteiger partial charge in [0.25, 0.3) is 0 Å². The van der Waals surface area contributed by atoms with E-state index in [1.54, 1.807) is 18.2 Å². The number of rotatable bonds is 54. The van der Waals surface area contributed by atoms with Gasteiger partial charge in [-0.2, -0.15) is 0 Å². The van der Waals surface area contributed by atoms with E-state index in [4.69, 9.17) is 33.2 Å². The third-order valence-electron chi connectivity index (χ3n) is 24.7. The van der Waals surface area contributed by atoms with Gasteiger partial charge >= 0.3 is 17.9 Å². The van der Waals surface area contributed by atoms with Crippen molar-refractivity contribution in [1.29, 1.82) is 0 Å². The summed E-state index contributed by atoms with van der Waals surface area (Å²) in [5, 5.41) is 0. The Morgan fingerprint density at radius 3 is 0.933 bits per heavy atom. The highest BCUT2D eigenvalue weighted by Crippen LogP contribution is 2.38. The molecule has 12 heteroatoms. The molecule has 0 aliphatic heterocycles. The molecule has 120 heavy (non-hydrogen) atoms. The van der Waals surface area contributed by atoms with Gasteiger partial charge < -0.3 is 33.2 Å². The van der Waals surface area contributed by atoms with Crippen molar-refractivity contribution in [1.82, 2.24) is 0 Å². The second kappa shape index (κ2) is 63.5. The minimum absolute atomic E-state index is 0.0546. The molecule has 0 unspecified atom stereocenters. The number of carbonyl (C=O) groups is 3. The van der Waals surface area contributed by atoms with E-state index in [2.05, 4.69) is 61.1 Å².